The molecule has 0 saturated carbocycles. The van der Waals surface area contributed by atoms with Gasteiger partial charge < -0.3 is 14.8 Å². The molecule has 1 aliphatic rings. The lowest BCUT2D eigenvalue weighted by Gasteiger charge is -2.16. The van der Waals surface area contributed by atoms with E-state index >= 15 is 0 Å². The molecule has 1 aromatic rings. The average Bonchev–Trinajstić information content (AvgIpc) is 3.08. The molecule has 1 atom stereocenters. The van der Waals surface area contributed by atoms with E-state index in [2.05, 4.69) is 5.32 Å². The standard InChI is InChI=1S/C18H28N2O5S/c1-13-10-16(26(22,23)20(3)4)11-17(14(13)2)19-18(21)7-9-24-12-15-6-5-8-25-15/h10-11,15H,5-9,12H2,1-4H3,(H,19,21). The highest BCUT2D eigenvalue weighted by molar-refractivity contribution is 7.89. The number of benzene rings is 1. The third-order valence-electron chi connectivity index (χ3n) is 4.49. The zero-order valence-corrected chi connectivity index (χ0v) is 16.7. The Morgan fingerprint density at radius 1 is 1.35 bits per heavy atom. The number of rotatable bonds is 8. The van der Waals surface area contributed by atoms with E-state index in [0.717, 1.165) is 34.9 Å². The van der Waals surface area contributed by atoms with Crippen LogP contribution in [0.1, 0.15) is 30.4 Å². The Morgan fingerprint density at radius 3 is 2.69 bits per heavy atom. The van der Waals surface area contributed by atoms with Crippen molar-refractivity contribution in [1.29, 1.82) is 0 Å². The highest BCUT2D eigenvalue weighted by atomic mass is 32.2. The lowest BCUT2D eigenvalue weighted by molar-refractivity contribution is -0.117. The van der Waals surface area contributed by atoms with Crippen LogP contribution >= 0.6 is 0 Å². The fraction of sp³-hybridized carbons (Fsp3) is 0.611. The number of sulfonamides is 1. The maximum Gasteiger partial charge on any atom is 0.242 e. The van der Waals surface area contributed by atoms with Gasteiger partial charge in [-0.05, 0) is 49.9 Å². The zero-order chi connectivity index (χ0) is 19.3. The molecule has 1 fully saturated rings. The van der Waals surface area contributed by atoms with Gasteiger partial charge in [0.25, 0.3) is 0 Å². The fourth-order valence-electron chi connectivity index (χ4n) is 2.68. The number of aryl methyl sites for hydroxylation is 1. The average molecular weight is 384 g/mol. The van der Waals surface area contributed by atoms with Crippen molar-refractivity contribution in [3.05, 3.63) is 23.3 Å². The lowest BCUT2D eigenvalue weighted by Crippen LogP contribution is -2.23. The Bertz CT molecular complexity index is 740. The number of anilines is 1. The van der Waals surface area contributed by atoms with Crippen molar-refractivity contribution in [2.45, 2.75) is 44.1 Å². The second kappa shape index (κ2) is 8.94. The molecule has 26 heavy (non-hydrogen) atoms. The first-order chi connectivity index (χ1) is 12.2. The maximum atomic E-state index is 12.4. The summed E-state index contributed by atoms with van der Waals surface area (Å²) in [6, 6.07) is 3.12. The van der Waals surface area contributed by atoms with E-state index in [1.54, 1.807) is 6.07 Å². The van der Waals surface area contributed by atoms with Gasteiger partial charge in [0.05, 0.1) is 30.6 Å². The number of ether oxygens (including phenoxy) is 2. The number of nitrogens with zero attached hydrogens (tertiary/aromatic N) is 1. The molecule has 2 rings (SSSR count). The normalized spacial score (nSPS) is 17.7. The van der Waals surface area contributed by atoms with Crippen LogP contribution < -0.4 is 5.32 Å². The molecule has 0 radical (unpaired) electrons. The van der Waals surface area contributed by atoms with Crippen molar-refractivity contribution in [3.63, 3.8) is 0 Å². The first-order valence-electron chi connectivity index (χ1n) is 8.75. The molecular formula is C18H28N2O5S. The minimum absolute atomic E-state index is 0.135. The van der Waals surface area contributed by atoms with Gasteiger partial charge in [0.2, 0.25) is 15.9 Å². The topological polar surface area (TPSA) is 84.9 Å². The largest absolute Gasteiger partial charge is 0.378 e. The molecule has 1 N–H and O–H groups in total. The molecule has 1 aromatic carbocycles. The predicted octanol–water partition coefficient (Wildman–Crippen LogP) is 2.08. The van der Waals surface area contributed by atoms with E-state index in [9.17, 15) is 13.2 Å². The van der Waals surface area contributed by atoms with Gasteiger partial charge >= 0.3 is 0 Å². The first kappa shape index (κ1) is 20.8. The number of amides is 1. The van der Waals surface area contributed by atoms with Crippen LogP contribution in [0.15, 0.2) is 17.0 Å². The summed E-state index contributed by atoms with van der Waals surface area (Å²) >= 11 is 0. The molecule has 1 amide bonds. The van der Waals surface area contributed by atoms with Crippen molar-refractivity contribution in [1.82, 2.24) is 4.31 Å². The monoisotopic (exact) mass is 384 g/mol. The summed E-state index contributed by atoms with van der Waals surface area (Å²) in [5.41, 5.74) is 2.16. The van der Waals surface area contributed by atoms with Crippen molar-refractivity contribution in [3.8, 4) is 0 Å². The Balaban J connectivity index is 1.96. The minimum atomic E-state index is -3.56. The Labute approximate surface area is 155 Å². The van der Waals surface area contributed by atoms with Crippen molar-refractivity contribution >= 4 is 21.6 Å². The van der Waals surface area contributed by atoms with E-state index in [-0.39, 0.29) is 23.3 Å². The third-order valence-corrected chi connectivity index (χ3v) is 6.29. The third kappa shape index (κ3) is 5.26. The summed E-state index contributed by atoms with van der Waals surface area (Å²) in [5.74, 6) is -0.209. The number of hydrogen-bond acceptors (Lipinski definition) is 5. The van der Waals surface area contributed by atoms with Gasteiger partial charge in [-0.2, -0.15) is 0 Å². The van der Waals surface area contributed by atoms with Crippen molar-refractivity contribution in [2.75, 3.05) is 39.2 Å². The van der Waals surface area contributed by atoms with Gasteiger partial charge in [0, 0.05) is 26.4 Å². The van der Waals surface area contributed by atoms with Crippen LogP contribution in [-0.2, 0) is 24.3 Å². The molecule has 146 valence electrons. The molecule has 0 aromatic heterocycles. The summed E-state index contributed by atoms with van der Waals surface area (Å²) < 4.78 is 36.8. The first-order valence-corrected chi connectivity index (χ1v) is 10.2. The second-order valence-corrected chi connectivity index (χ2v) is 8.86. The summed E-state index contributed by atoms with van der Waals surface area (Å²) in [5, 5.41) is 2.80. The van der Waals surface area contributed by atoms with Crippen LogP contribution in [0.4, 0.5) is 5.69 Å². The minimum Gasteiger partial charge on any atom is -0.378 e. The van der Waals surface area contributed by atoms with Gasteiger partial charge in [-0.3, -0.25) is 4.79 Å². The van der Waals surface area contributed by atoms with Gasteiger partial charge in [0.15, 0.2) is 0 Å². The maximum absolute atomic E-state index is 12.4. The SMILES string of the molecule is Cc1cc(S(=O)(=O)N(C)C)cc(NC(=O)CCOCC2CCCO2)c1C. The van der Waals surface area contributed by atoms with E-state index in [0.29, 0.717) is 18.9 Å². The molecule has 0 bridgehead atoms. The molecular weight excluding hydrogens is 356 g/mol. The highest BCUT2D eigenvalue weighted by Crippen LogP contribution is 2.25. The second-order valence-electron chi connectivity index (χ2n) is 6.71. The number of hydrogen-bond donors (Lipinski definition) is 1. The van der Waals surface area contributed by atoms with Gasteiger partial charge in [-0.1, -0.05) is 0 Å². The fourth-order valence-corrected chi connectivity index (χ4v) is 3.70. The molecule has 0 spiro atoms. The predicted molar refractivity (Wildman–Crippen MR) is 99.8 cm³/mol. The molecule has 0 aliphatic carbocycles. The number of carbonyl (C=O) groups excluding carboxylic acids is 1. The highest BCUT2D eigenvalue weighted by Gasteiger charge is 2.20. The molecule has 1 aliphatic heterocycles. The van der Waals surface area contributed by atoms with Crippen LogP contribution in [0, 0.1) is 13.8 Å². The van der Waals surface area contributed by atoms with Gasteiger partial charge in [-0.15, -0.1) is 0 Å². The van der Waals surface area contributed by atoms with E-state index < -0.39 is 10.0 Å². The summed E-state index contributed by atoms with van der Waals surface area (Å²) in [6.07, 6.45) is 2.39. The molecule has 1 unspecified atom stereocenters. The summed E-state index contributed by atoms with van der Waals surface area (Å²) in [4.78, 5) is 12.3. The Morgan fingerprint density at radius 2 is 2.08 bits per heavy atom. The quantitative estimate of drug-likeness (QED) is 0.694. The van der Waals surface area contributed by atoms with Gasteiger partial charge in [0.1, 0.15) is 0 Å². The lowest BCUT2D eigenvalue weighted by atomic mass is 10.1. The summed E-state index contributed by atoms with van der Waals surface area (Å²) in [7, 11) is -0.601. The summed E-state index contributed by atoms with van der Waals surface area (Å²) in [6.45, 7) is 5.26. The zero-order valence-electron chi connectivity index (χ0n) is 15.9. The molecule has 1 saturated heterocycles. The van der Waals surface area contributed by atoms with Crippen LogP contribution in [0.3, 0.4) is 0 Å². The van der Waals surface area contributed by atoms with E-state index in [1.807, 2.05) is 13.8 Å². The molecule has 8 heteroatoms. The molecule has 1 heterocycles. The Hall–Kier alpha value is -1.48. The number of nitrogens with one attached hydrogen (secondary N) is 1. The van der Waals surface area contributed by atoms with Crippen LogP contribution in [0.2, 0.25) is 0 Å². The van der Waals surface area contributed by atoms with Crippen molar-refractivity contribution in [2.24, 2.45) is 0 Å². The smallest absolute Gasteiger partial charge is 0.242 e. The van der Waals surface area contributed by atoms with Crippen LogP contribution in [0.25, 0.3) is 0 Å². The van der Waals surface area contributed by atoms with Crippen LogP contribution in [-0.4, -0.2) is 58.7 Å². The van der Waals surface area contributed by atoms with E-state index in [4.69, 9.17) is 9.47 Å². The van der Waals surface area contributed by atoms with E-state index in [1.165, 1.54) is 20.2 Å². The van der Waals surface area contributed by atoms with Crippen LogP contribution in [0.5, 0.6) is 0 Å². The van der Waals surface area contributed by atoms with Crippen molar-refractivity contribution < 1.29 is 22.7 Å². The van der Waals surface area contributed by atoms with Gasteiger partial charge in [-0.25, -0.2) is 12.7 Å². The number of carbonyl (C=O) groups is 1. The molecule has 7 nitrogen and oxygen atoms in total. The Kier molecular flexibility index (Phi) is 7.16.